The van der Waals surface area contributed by atoms with Crippen molar-refractivity contribution in [1.82, 2.24) is 20.2 Å². The van der Waals surface area contributed by atoms with Gasteiger partial charge in [-0.2, -0.15) is 0 Å². The minimum atomic E-state index is -0.278. The number of nitrogens with zero attached hydrogens (tertiary/aromatic N) is 3. The highest BCUT2D eigenvalue weighted by atomic mass is 35.5. The molecule has 0 aliphatic carbocycles. The van der Waals surface area contributed by atoms with E-state index in [0.717, 1.165) is 16.5 Å². The van der Waals surface area contributed by atoms with Crippen molar-refractivity contribution in [2.24, 2.45) is 0 Å². The molecule has 188 valence electrons. The number of halogens is 1. The molecule has 0 atom stereocenters. The first kappa shape index (κ1) is 24.5. The SMILES string of the molecule is Nc1ccc(C=CC(=O)NCc2cc3cc(-c4ccc(C(=O)N5CCOCC5)cn4)cc(Cl)c3o2)cn1. The number of carbonyl (C=O) groups is 2. The highest BCUT2D eigenvalue weighted by Gasteiger charge is 2.19. The van der Waals surface area contributed by atoms with Crippen molar-refractivity contribution in [3.63, 3.8) is 0 Å². The monoisotopic (exact) mass is 517 g/mol. The van der Waals surface area contributed by atoms with Crippen LogP contribution in [0.15, 0.2) is 65.4 Å². The van der Waals surface area contributed by atoms with Crippen LogP contribution in [0.5, 0.6) is 0 Å². The lowest BCUT2D eigenvalue weighted by atomic mass is 10.1. The number of benzene rings is 1. The Morgan fingerprint density at radius 3 is 2.65 bits per heavy atom. The average molecular weight is 518 g/mol. The molecule has 3 aromatic heterocycles. The molecule has 0 bridgehead atoms. The van der Waals surface area contributed by atoms with Gasteiger partial charge in [0, 0.05) is 42.5 Å². The number of morpholine rings is 1. The van der Waals surface area contributed by atoms with Gasteiger partial charge >= 0.3 is 0 Å². The highest BCUT2D eigenvalue weighted by Crippen LogP contribution is 2.32. The zero-order valence-electron chi connectivity index (χ0n) is 19.8. The van der Waals surface area contributed by atoms with Gasteiger partial charge in [0.2, 0.25) is 5.91 Å². The van der Waals surface area contributed by atoms with Crippen LogP contribution < -0.4 is 11.1 Å². The van der Waals surface area contributed by atoms with Crippen molar-refractivity contribution >= 4 is 46.3 Å². The van der Waals surface area contributed by atoms with Crippen LogP contribution in [0.25, 0.3) is 28.3 Å². The quantitative estimate of drug-likeness (QED) is 0.371. The van der Waals surface area contributed by atoms with Gasteiger partial charge in [0.25, 0.3) is 5.91 Å². The fourth-order valence-electron chi connectivity index (χ4n) is 3.96. The molecule has 1 saturated heterocycles. The first-order valence-corrected chi connectivity index (χ1v) is 12.1. The second-order valence-electron chi connectivity index (χ2n) is 8.49. The molecule has 4 aromatic rings. The maximum absolute atomic E-state index is 12.7. The second-order valence-corrected chi connectivity index (χ2v) is 8.90. The lowest BCUT2D eigenvalue weighted by Gasteiger charge is -2.26. The van der Waals surface area contributed by atoms with E-state index in [1.54, 1.807) is 53.7 Å². The van der Waals surface area contributed by atoms with Gasteiger partial charge in [-0.3, -0.25) is 14.6 Å². The number of ether oxygens (including phenoxy) is 1. The van der Waals surface area contributed by atoms with Crippen molar-refractivity contribution in [1.29, 1.82) is 0 Å². The Bertz CT molecular complexity index is 1460. The van der Waals surface area contributed by atoms with Crippen LogP contribution in [0.1, 0.15) is 21.7 Å². The molecule has 1 aromatic carbocycles. The summed E-state index contributed by atoms with van der Waals surface area (Å²) in [6, 6.07) is 12.5. The summed E-state index contributed by atoms with van der Waals surface area (Å²) >= 11 is 6.49. The molecule has 9 nitrogen and oxygen atoms in total. The number of anilines is 1. The van der Waals surface area contributed by atoms with E-state index in [-0.39, 0.29) is 18.4 Å². The van der Waals surface area contributed by atoms with Crippen LogP contribution >= 0.6 is 11.6 Å². The van der Waals surface area contributed by atoms with Crippen molar-refractivity contribution in [2.45, 2.75) is 6.54 Å². The van der Waals surface area contributed by atoms with Crippen molar-refractivity contribution in [2.75, 3.05) is 32.0 Å². The number of furan rings is 1. The fourth-order valence-corrected chi connectivity index (χ4v) is 4.22. The zero-order chi connectivity index (χ0) is 25.8. The summed E-state index contributed by atoms with van der Waals surface area (Å²) in [5.41, 5.74) is 8.86. The van der Waals surface area contributed by atoms with E-state index in [1.807, 2.05) is 12.1 Å². The van der Waals surface area contributed by atoms with E-state index in [0.29, 0.717) is 59.7 Å². The molecule has 1 aliphatic rings. The van der Waals surface area contributed by atoms with Gasteiger partial charge in [-0.15, -0.1) is 0 Å². The van der Waals surface area contributed by atoms with Gasteiger partial charge in [0.1, 0.15) is 11.6 Å². The Kier molecular flexibility index (Phi) is 7.16. The minimum absolute atomic E-state index is 0.0580. The Hall–Kier alpha value is -4.21. The first-order chi connectivity index (χ1) is 18.0. The average Bonchev–Trinajstić information content (AvgIpc) is 3.35. The highest BCUT2D eigenvalue weighted by molar-refractivity contribution is 6.35. The Balaban J connectivity index is 1.26. The van der Waals surface area contributed by atoms with Crippen LogP contribution in [0.3, 0.4) is 0 Å². The van der Waals surface area contributed by atoms with Gasteiger partial charge in [0.15, 0.2) is 5.58 Å². The van der Waals surface area contributed by atoms with Crippen LogP contribution in [0.4, 0.5) is 5.82 Å². The number of nitrogen functional groups attached to an aromatic ring is 1. The Labute approximate surface area is 217 Å². The molecular weight excluding hydrogens is 494 g/mol. The number of hydrogen-bond acceptors (Lipinski definition) is 7. The van der Waals surface area contributed by atoms with Crippen molar-refractivity contribution in [3.8, 4) is 11.3 Å². The number of pyridine rings is 2. The number of aromatic nitrogens is 2. The third-order valence-corrected chi connectivity index (χ3v) is 6.18. The number of hydrogen-bond donors (Lipinski definition) is 2. The van der Waals surface area contributed by atoms with Crippen molar-refractivity contribution < 1.29 is 18.7 Å². The van der Waals surface area contributed by atoms with E-state index >= 15 is 0 Å². The van der Waals surface area contributed by atoms with E-state index in [9.17, 15) is 9.59 Å². The predicted octanol–water partition coefficient (Wildman–Crippen LogP) is 3.93. The van der Waals surface area contributed by atoms with E-state index < -0.39 is 0 Å². The summed E-state index contributed by atoms with van der Waals surface area (Å²) in [7, 11) is 0. The predicted molar refractivity (Wildman–Crippen MR) is 141 cm³/mol. The van der Waals surface area contributed by atoms with E-state index in [4.69, 9.17) is 26.5 Å². The molecule has 5 rings (SSSR count). The maximum atomic E-state index is 12.7. The molecule has 0 spiro atoms. The van der Waals surface area contributed by atoms with Gasteiger partial charge in [-0.25, -0.2) is 4.98 Å². The Morgan fingerprint density at radius 2 is 1.92 bits per heavy atom. The second kappa shape index (κ2) is 10.8. The fraction of sp³-hybridized carbons (Fsp3) is 0.185. The van der Waals surface area contributed by atoms with E-state index in [1.165, 1.54) is 6.08 Å². The number of carbonyl (C=O) groups excluding carboxylic acids is 2. The molecule has 0 unspecified atom stereocenters. The molecule has 4 heterocycles. The largest absolute Gasteiger partial charge is 0.458 e. The van der Waals surface area contributed by atoms with Crippen molar-refractivity contribution in [3.05, 3.63) is 82.8 Å². The molecule has 10 heteroatoms. The first-order valence-electron chi connectivity index (χ1n) is 11.7. The standard InChI is InChI=1S/C27H24ClN5O4/c28-22-13-19(23-4-3-18(15-30-23)27(35)33-7-9-36-10-8-33)11-20-12-21(37-26(20)22)16-32-25(34)6-2-17-1-5-24(29)31-14-17/h1-6,11-15H,7-10,16H2,(H2,29,31)(H,32,34). The van der Waals surface area contributed by atoms with Gasteiger partial charge in [-0.05, 0) is 54.1 Å². The van der Waals surface area contributed by atoms with Gasteiger partial charge < -0.3 is 25.1 Å². The summed E-state index contributed by atoms with van der Waals surface area (Å²) in [6.45, 7) is 2.44. The zero-order valence-corrected chi connectivity index (χ0v) is 20.6. The number of amides is 2. The smallest absolute Gasteiger partial charge is 0.255 e. The topological polar surface area (TPSA) is 124 Å². The van der Waals surface area contributed by atoms with Crippen LogP contribution in [0.2, 0.25) is 5.02 Å². The van der Waals surface area contributed by atoms with Gasteiger partial charge in [-0.1, -0.05) is 11.6 Å². The molecule has 0 saturated carbocycles. The molecule has 37 heavy (non-hydrogen) atoms. The number of nitrogens with two attached hydrogens (primary N) is 1. The summed E-state index contributed by atoms with van der Waals surface area (Å²) in [4.78, 5) is 35.1. The third kappa shape index (κ3) is 5.79. The summed E-state index contributed by atoms with van der Waals surface area (Å²) in [6.07, 6.45) is 6.23. The number of nitrogens with one attached hydrogen (secondary N) is 1. The molecule has 1 fully saturated rings. The van der Waals surface area contributed by atoms with Crippen LogP contribution in [-0.4, -0.2) is 53.0 Å². The van der Waals surface area contributed by atoms with Crippen LogP contribution in [-0.2, 0) is 16.1 Å². The summed E-state index contributed by atoms with van der Waals surface area (Å²) in [5, 5.41) is 4.00. The molecule has 0 radical (unpaired) electrons. The van der Waals surface area contributed by atoms with Crippen LogP contribution in [0, 0.1) is 0 Å². The molecule has 3 N–H and O–H groups in total. The third-order valence-electron chi connectivity index (χ3n) is 5.90. The molecular formula is C27H24ClN5O4. The summed E-state index contributed by atoms with van der Waals surface area (Å²) in [5.74, 6) is 0.640. The normalized spacial score (nSPS) is 13.8. The van der Waals surface area contributed by atoms with E-state index in [2.05, 4.69) is 15.3 Å². The maximum Gasteiger partial charge on any atom is 0.255 e. The van der Waals surface area contributed by atoms with Gasteiger partial charge in [0.05, 0.1) is 36.0 Å². The number of fused-ring (bicyclic) bond motifs is 1. The minimum Gasteiger partial charge on any atom is -0.458 e. The number of rotatable bonds is 6. The Morgan fingerprint density at radius 1 is 1.08 bits per heavy atom. The lowest BCUT2D eigenvalue weighted by molar-refractivity contribution is -0.116. The lowest BCUT2D eigenvalue weighted by Crippen LogP contribution is -2.40. The molecule has 2 amide bonds. The molecule has 1 aliphatic heterocycles. The summed E-state index contributed by atoms with van der Waals surface area (Å²) < 4.78 is 11.2.